The molecule has 2 saturated heterocycles. The minimum atomic E-state index is -4.67. The molecule has 0 saturated carbocycles. The maximum absolute atomic E-state index is 14.2. The predicted molar refractivity (Wildman–Crippen MR) is 154 cm³/mol. The molecule has 14 heteroatoms. The molecule has 0 aliphatic carbocycles. The number of halogens is 5. The Kier molecular flexibility index (Phi) is 9.23. The number of aromatic nitrogens is 5. The number of rotatable bonds is 7. The van der Waals surface area contributed by atoms with E-state index in [2.05, 4.69) is 33.8 Å². The molecule has 6 rings (SSSR count). The van der Waals surface area contributed by atoms with Crippen LogP contribution in [0.25, 0.3) is 11.2 Å². The first kappa shape index (κ1) is 31.8. The molecule has 2 aliphatic rings. The van der Waals surface area contributed by atoms with E-state index in [1.807, 2.05) is 7.05 Å². The van der Waals surface area contributed by atoms with Crippen LogP contribution in [-0.2, 0) is 29.3 Å². The molecule has 0 amide bonds. The van der Waals surface area contributed by atoms with Crippen LogP contribution in [0.5, 0.6) is 0 Å². The fourth-order valence-electron chi connectivity index (χ4n) is 5.57. The number of hydrogen-bond donors (Lipinski definition) is 0. The molecule has 44 heavy (non-hydrogen) atoms. The first-order valence-electron chi connectivity index (χ1n) is 14.6. The van der Waals surface area contributed by atoms with Gasteiger partial charge in [0.05, 0.1) is 30.0 Å². The summed E-state index contributed by atoms with van der Waals surface area (Å²) >= 11 is 0. The number of fused-ring (bicyclic) bond motifs is 1. The third kappa shape index (κ3) is 6.42. The second-order valence-corrected chi connectivity index (χ2v) is 11.5. The largest absolute Gasteiger partial charge is 0.418 e. The molecule has 2 fully saturated rings. The van der Waals surface area contributed by atoms with Gasteiger partial charge in [-0.05, 0) is 36.4 Å². The van der Waals surface area contributed by atoms with Gasteiger partial charge in [-0.15, -0.1) is 10.2 Å². The van der Waals surface area contributed by atoms with E-state index >= 15 is 0 Å². The van der Waals surface area contributed by atoms with Crippen molar-refractivity contribution in [2.24, 2.45) is 0 Å². The van der Waals surface area contributed by atoms with Crippen molar-refractivity contribution in [2.75, 3.05) is 46.4 Å². The number of ether oxygens (including phenoxy) is 1. The average molecular weight is 622 g/mol. The van der Waals surface area contributed by atoms with Gasteiger partial charge in [-0.2, -0.15) is 22.0 Å². The monoisotopic (exact) mass is 621 g/mol. The molecule has 238 valence electrons. The minimum Gasteiger partial charge on any atom is -0.379 e. The van der Waals surface area contributed by atoms with Crippen molar-refractivity contribution in [3.05, 3.63) is 82.1 Å². The Balaban J connectivity index is 0.00000123. The van der Waals surface area contributed by atoms with Gasteiger partial charge in [0.1, 0.15) is 12.2 Å². The normalized spacial score (nSPS) is 17.5. The topological polar surface area (TPSA) is 72.8 Å². The van der Waals surface area contributed by atoms with Crippen LogP contribution < -0.4 is 5.69 Å². The van der Waals surface area contributed by atoms with Gasteiger partial charge in [-0.1, -0.05) is 32.4 Å². The lowest BCUT2D eigenvalue weighted by Gasteiger charge is -2.42. The van der Waals surface area contributed by atoms with Crippen LogP contribution in [-0.4, -0.2) is 80.0 Å². The van der Waals surface area contributed by atoms with Crippen molar-refractivity contribution in [1.82, 2.24) is 33.5 Å². The van der Waals surface area contributed by atoms with Crippen molar-refractivity contribution in [3.63, 3.8) is 0 Å². The zero-order chi connectivity index (χ0) is 31.6. The van der Waals surface area contributed by atoms with Crippen molar-refractivity contribution in [1.29, 1.82) is 0 Å². The highest BCUT2D eigenvalue weighted by Gasteiger charge is 2.42. The molecule has 0 atom stereocenters. The van der Waals surface area contributed by atoms with E-state index in [1.54, 1.807) is 24.3 Å². The Bertz CT molecular complexity index is 1630. The van der Waals surface area contributed by atoms with Crippen LogP contribution in [0.2, 0.25) is 0 Å². The van der Waals surface area contributed by atoms with Gasteiger partial charge in [0.25, 0.3) is 0 Å². The van der Waals surface area contributed by atoms with Crippen LogP contribution in [0.1, 0.15) is 49.3 Å². The first-order valence-corrected chi connectivity index (χ1v) is 14.6. The Morgan fingerprint density at radius 3 is 2.36 bits per heavy atom. The van der Waals surface area contributed by atoms with E-state index in [0.29, 0.717) is 27.9 Å². The fourth-order valence-corrected chi connectivity index (χ4v) is 5.57. The summed E-state index contributed by atoms with van der Waals surface area (Å²) in [4.78, 5) is 17.8. The number of piperazine rings is 1. The maximum Gasteiger partial charge on any atom is 0.418 e. The van der Waals surface area contributed by atoms with Crippen LogP contribution in [0, 0.1) is 0 Å². The highest BCUT2D eigenvalue weighted by atomic mass is 19.4. The number of imidazole rings is 1. The van der Waals surface area contributed by atoms with Gasteiger partial charge in [-0.25, -0.2) is 4.79 Å². The number of alkyl halides is 5. The standard InChI is InChI=1S/C27H28F5N7O2.C3H8/c1-35-5-7-36(8-6-35)12-18-9-21(27(30,31)32)22-14-37(25(40)38(22)13-18)20-4-2-3-19(10-20)26(15-41-16-26)11-23-34-33-17-39(23)24(28)29;1-3-2/h2-4,9-10,13-14,17,24H,5-8,11-12,15-16H2,1H3;3H2,1-2H3. The lowest BCUT2D eigenvalue weighted by atomic mass is 9.75. The summed E-state index contributed by atoms with van der Waals surface area (Å²) in [6.45, 7) is 5.27. The van der Waals surface area contributed by atoms with Crippen LogP contribution in [0.3, 0.4) is 0 Å². The quantitative estimate of drug-likeness (QED) is 0.277. The molecule has 0 unspecified atom stereocenters. The van der Waals surface area contributed by atoms with Crippen molar-refractivity contribution < 1.29 is 26.7 Å². The molecule has 1 aromatic carbocycles. The number of likely N-dealkylation sites (N-methyl/N-ethyl adjacent to an activating group) is 1. The van der Waals surface area contributed by atoms with E-state index < -0.39 is 29.4 Å². The third-order valence-electron chi connectivity index (χ3n) is 7.98. The molecule has 0 spiro atoms. The lowest BCUT2D eigenvalue weighted by molar-refractivity contribution is -0.136. The molecule has 3 aromatic heterocycles. The highest BCUT2D eigenvalue weighted by Crippen LogP contribution is 2.37. The third-order valence-corrected chi connectivity index (χ3v) is 7.98. The Labute approximate surface area is 251 Å². The molecule has 4 aromatic rings. The lowest BCUT2D eigenvalue weighted by Crippen LogP contribution is -2.49. The summed E-state index contributed by atoms with van der Waals surface area (Å²) in [7, 11) is 2.00. The predicted octanol–water partition coefficient (Wildman–Crippen LogP) is 4.77. The van der Waals surface area contributed by atoms with Gasteiger partial charge in [0.2, 0.25) is 0 Å². The second kappa shape index (κ2) is 12.8. The van der Waals surface area contributed by atoms with Crippen molar-refractivity contribution in [3.8, 4) is 5.69 Å². The summed E-state index contributed by atoms with van der Waals surface area (Å²) in [6.07, 6.45) is 0.330. The Morgan fingerprint density at radius 2 is 1.75 bits per heavy atom. The van der Waals surface area contributed by atoms with Crippen molar-refractivity contribution >= 4 is 5.52 Å². The second-order valence-electron chi connectivity index (χ2n) is 11.5. The van der Waals surface area contributed by atoms with Gasteiger partial charge in [0.15, 0.2) is 0 Å². The van der Waals surface area contributed by atoms with Crippen LogP contribution in [0.15, 0.2) is 53.8 Å². The van der Waals surface area contributed by atoms with E-state index in [9.17, 15) is 26.7 Å². The zero-order valence-corrected chi connectivity index (χ0v) is 24.9. The summed E-state index contributed by atoms with van der Waals surface area (Å²) in [5, 5.41) is 7.45. The van der Waals surface area contributed by atoms with Gasteiger partial charge in [0, 0.05) is 57.0 Å². The SMILES string of the molecule is CCC.CN1CCN(Cc2cc(C(F)(F)F)c3cn(-c4cccc(C5(Cc6nncn6C(F)F)COC5)c4)c(=O)n3c2)CC1. The summed E-state index contributed by atoms with van der Waals surface area (Å²) in [5.74, 6) is 0.0863. The van der Waals surface area contributed by atoms with Gasteiger partial charge in [-0.3, -0.25) is 18.4 Å². The zero-order valence-electron chi connectivity index (χ0n) is 24.9. The van der Waals surface area contributed by atoms with Crippen LogP contribution in [0.4, 0.5) is 22.0 Å². The van der Waals surface area contributed by atoms with E-state index in [-0.39, 0.29) is 31.0 Å². The van der Waals surface area contributed by atoms with E-state index in [1.165, 1.54) is 23.4 Å². The summed E-state index contributed by atoms with van der Waals surface area (Å²) in [5.41, 5.74) is -1.03. The molecule has 2 aliphatic heterocycles. The molecular weight excluding hydrogens is 585 g/mol. The van der Waals surface area contributed by atoms with Gasteiger partial charge < -0.3 is 9.64 Å². The number of hydrogen-bond acceptors (Lipinski definition) is 6. The first-order chi connectivity index (χ1) is 21.0. The van der Waals surface area contributed by atoms with Gasteiger partial charge >= 0.3 is 18.4 Å². The van der Waals surface area contributed by atoms with Crippen molar-refractivity contribution in [2.45, 2.75) is 51.4 Å². The maximum atomic E-state index is 14.2. The molecule has 5 heterocycles. The Morgan fingerprint density at radius 1 is 1.05 bits per heavy atom. The minimum absolute atomic E-state index is 0.0863. The van der Waals surface area contributed by atoms with E-state index in [0.717, 1.165) is 43.0 Å². The molecule has 9 nitrogen and oxygen atoms in total. The average Bonchev–Trinajstić information content (AvgIpc) is 3.56. The number of nitrogens with zero attached hydrogens (tertiary/aromatic N) is 7. The summed E-state index contributed by atoms with van der Waals surface area (Å²) < 4.78 is 77.8. The molecule has 0 bridgehead atoms. The smallest absolute Gasteiger partial charge is 0.379 e. The number of benzene rings is 1. The number of pyridine rings is 1. The molecule has 0 radical (unpaired) electrons. The molecular formula is C30H36F5N7O2. The summed E-state index contributed by atoms with van der Waals surface area (Å²) in [6, 6.07) is 7.89. The molecule has 0 N–H and O–H groups in total. The highest BCUT2D eigenvalue weighted by molar-refractivity contribution is 5.58. The van der Waals surface area contributed by atoms with Crippen LogP contribution >= 0.6 is 0 Å². The Hall–Kier alpha value is -3.62. The fraction of sp³-hybridized carbons (Fsp3) is 0.500. The van der Waals surface area contributed by atoms with E-state index in [4.69, 9.17) is 4.74 Å².